The third-order valence-corrected chi connectivity index (χ3v) is 6.02. The van der Waals surface area contributed by atoms with Crippen LogP contribution in [-0.2, 0) is 29.0 Å². The number of nitriles is 1. The van der Waals surface area contributed by atoms with Crippen molar-refractivity contribution in [3.63, 3.8) is 0 Å². The summed E-state index contributed by atoms with van der Waals surface area (Å²) < 4.78 is 7.12. The largest absolute Gasteiger partial charge is 0.379 e. The van der Waals surface area contributed by atoms with Crippen LogP contribution >= 0.6 is 0 Å². The lowest BCUT2D eigenvalue weighted by Crippen LogP contribution is -2.36. The molecule has 0 atom stereocenters. The Morgan fingerprint density at radius 3 is 2.72 bits per heavy atom. The molecule has 1 N–H and O–H groups in total. The van der Waals surface area contributed by atoms with Crippen LogP contribution in [0.4, 0.5) is 0 Å². The van der Waals surface area contributed by atoms with Gasteiger partial charge >= 0.3 is 0 Å². The molecule has 0 unspecified atom stereocenters. The average molecular weight is 433 g/mol. The van der Waals surface area contributed by atoms with Crippen LogP contribution in [0.3, 0.4) is 0 Å². The van der Waals surface area contributed by atoms with E-state index in [1.165, 1.54) is 11.8 Å². The van der Waals surface area contributed by atoms with Crippen LogP contribution in [0.1, 0.15) is 40.1 Å². The Kier molecular flexibility index (Phi) is 6.78. The Hall–Kier alpha value is -3.28. The van der Waals surface area contributed by atoms with E-state index < -0.39 is 0 Å². The van der Waals surface area contributed by atoms with Crippen LogP contribution < -0.4 is 5.32 Å². The van der Waals surface area contributed by atoms with Crippen LogP contribution in [0.5, 0.6) is 0 Å². The zero-order chi connectivity index (χ0) is 22.5. The average Bonchev–Trinajstić information content (AvgIpc) is 3.22. The van der Waals surface area contributed by atoms with Gasteiger partial charge < -0.3 is 10.1 Å². The van der Waals surface area contributed by atoms with Crippen molar-refractivity contribution in [2.75, 3.05) is 26.3 Å². The Labute approximate surface area is 187 Å². The van der Waals surface area contributed by atoms with E-state index in [9.17, 15) is 10.1 Å². The lowest BCUT2D eigenvalue weighted by molar-refractivity contribution is -0.121. The number of morpholine rings is 1. The number of carbonyl (C=O) groups excluding carboxylic acids is 1. The van der Waals surface area contributed by atoms with Gasteiger partial charge in [0.05, 0.1) is 19.4 Å². The first-order valence-corrected chi connectivity index (χ1v) is 10.9. The summed E-state index contributed by atoms with van der Waals surface area (Å²) in [7, 11) is 0. The van der Waals surface area contributed by atoms with Gasteiger partial charge in [-0.15, -0.1) is 0 Å². The maximum atomic E-state index is 12.6. The summed E-state index contributed by atoms with van der Waals surface area (Å²) in [4.78, 5) is 19.5. The van der Waals surface area contributed by atoms with E-state index in [1.54, 1.807) is 4.52 Å². The van der Waals surface area contributed by atoms with E-state index in [4.69, 9.17) is 4.74 Å². The molecule has 1 aliphatic heterocycles. The van der Waals surface area contributed by atoms with Gasteiger partial charge in [-0.3, -0.25) is 9.69 Å². The molecule has 0 radical (unpaired) electrons. The minimum atomic E-state index is 0.00301. The van der Waals surface area contributed by atoms with Gasteiger partial charge in [-0.25, -0.2) is 9.50 Å². The number of aryl methyl sites for hydroxylation is 2. The molecule has 2 aromatic heterocycles. The zero-order valence-electron chi connectivity index (χ0n) is 18.6. The van der Waals surface area contributed by atoms with E-state index in [0.29, 0.717) is 30.6 Å². The normalized spacial score (nSPS) is 14.4. The van der Waals surface area contributed by atoms with Crippen molar-refractivity contribution in [3.8, 4) is 6.07 Å². The van der Waals surface area contributed by atoms with E-state index in [0.717, 1.165) is 55.4 Å². The second kappa shape index (κ2) is 9.90. The molecule has 0 bridgehead atoms. The molecule has 3 aromatic rings. The van der Waals surface area contributed by atoms with Crippen molar-refractivity contribution in [3.05, 3.63) is 64.1 Å². The topological polar surface area (TPSA) is 95.6 Å². The molecule has 1 fully saturated rings. The maximum absolute atomic E-state index is 12.6. The highest BCUT2D eigenvalue weighted by molar-refractivity contribution is 5.76. The summed E-state index contributed by atoms with van der Waals surface area (Å²) >= 11 is 0. The molecule has 0 spiro atoms. The van der Waals surface area contributed by atoms with E-state index >= 15 is 0 Å². The Balaban J connectivity index is 1.37. The number of fused-ring (bicyclic) bond motifs is 1. The third-order valence-electron chi connectivity index (χ3n) is 6.02. The first-order chi connectivity index (χ1) is 15.6. The summed E-state index contributed by atoms with van der Waals surface area (Å²) in [5.41, 5.74) is 6.14. The summed E-state index contributed by atoms with van der Waals surface area (Å²) in [6.07, 6.45) is 2.47. The molecular weight excluding hydrogens is 404 g/mol. The molecule has 1 aromatic carbocycles. The van der Waals surface area contributed by atoms with Crippen molar-refractivity contribution in [2.24, 2.45) is 0 Å². The number of carbonyl (C=O) groups is 1. The Morgan fingerprint density at radius 2 is 1.97 bits per heavy atom. The Bertz CT molecular complexity index is 1160. The highest BCUT2D eigenvalue weighted by atomic mass is 16.5. The number of hydrogen-bond acceptors (Lipinski definition) is 6. The second-order valence-electron chi connectivity index (χ2n) is 8.10. The summed E-state index contributed by atoms with van der Waals surface area (Å²) in [6, 6.07) is 10.4. The Morgan fingerprint density at radius 1 is 1.22 bits per heavy atom. The molecule has 3 heterocycles. The fourth-order valence-corrected chi connectivity index (χ4v) is 4.16. The molecule has 8 heteroatoms. The van der Waals surface area contributed by atoms with E-state index in [2.05, 4.69) is 38.5 Å². The van der Waals surface area contributed by atoms with Crippen molar-refractivity contribution in [1.82, 2.24) is 24.8 Å². The molecule has 0 saturated carbocycles. The third kappa shape index (κ3) is 4.79. The van der Waals surface area contributed by atoms with Gasteiger partial charge in [0.15, 0.2) is 5.65 Å². The van der Waals surface area contributed by atoms with E-state index in [-0.39, 0.29) is 5.91 Å². The number of ether oxygens (including phenoxy) is 1. The number of hydrogen-bond donors (Lipinski definition) is 1. The van der Waals surface area contributed by atoms with Gasteiger partial charge in [-0.05, 0) is 37.0 Å². The van der Waals surface area contributed by atoms with Crippen LogP contribution in [0.2, 0.25) is 0 Å². The van der Waals surface area contributed by atoms with Crippen molar-refractivity contribution in [2.45, 2.75) is 39.8 Å². The molecule has 4 rings (SSSR count). The molecule has 1 aliphatic rings. The summed E-state index contributed by atoms with van der Waals surface area (Å²) in [5, 5.41) is 16.6. The monoisotopic (exact) mass is 432 g/mol. The van der Waals surface area contributed by atoms with Gasteiger partial charge in [0.2, 0.25) is 5.91 Å². The SMILES string of the molecule is Cc1nc2c(C#N)cnn2c(C)c1CCC(=O)NCc1ccccc1CN1CCOCC1. The minimum absolute atomic E-state index is 0.00301. The van der Waals surface area contributed by atoms with Gasteiger partial charge in [0.25, 0.3) is 0 Å². The molecule has 0 aliphatic carbocycles. The van der Waals surface area contributed by atoms with Crippen molar-refractivity contribution in [1.29, 1.82) is 5.26 Å². The molecule has 1 amide bonds. The van der Waals surface area contributed by atoms with Gasteiger partial charge in [-0.2, -0.15) is 10.4 Å². The van der Waals surface area contributed by atoms with Crippen LogP contribution in [0, 0.1) is 25.2 Å². The molecule has 32 heavy (non-hydrogen) atoms. The lowest BCUT2D eigenvalue weighted by Gasteiger charge is -2.27. The highest BCUT2D eigenvalue weighted by Crippen LogP contribution is 2.18. The first-order valence-electron chi connectivity index (χ1n) is 10.9. The van der Waals surface area contributed by atoms with Crippen molar-refractivity contribution < 1.29 is 9.53 Å². The minimum Gasteiger partial charge on any atom is -0.379 e. The highest BCUT2D eigenvalue weighted by Gasteiger charge is 2.16. The van der Waals surface area contributed by atoms with E-state index in [1.807, 2.05) is 26.0 Å². The molecular formula is C24H28N6O2. The molecule has 1 saturated heterocycles. The first kappa shape index (κ1) is 21.9. The summed E-state index contributed by atoms with van der Waals surface area (Å²) in [6.45, 7) is 8.66. The fourth-order valence-electron chi connectivity index (χ4n) is 4.16. The molecule has 166 valence electrons. The predicted molar refractivity (Wildman–Crippen MR) is 120 cm³/mol. The fraction of sp³-hybridized carbons (Fsp3) is 0.417. The van der Waals surface area contributed by atoms with Crippen molar-refractivity contribution >= 4 is 11.6 Å². The van der Waals surface area contributed by atoms with Crippen LogP contribution in [0.15, 0.2) is 30.5 Å². The van der Waals surface area contributed by atoms with Gasteiger partial charge in [0, 0.05) is 44.0 Å². The lowest BCUT2D eigenvalue weighted by atomic mass is 10.1. The molecule has 8 nitrogen and oxygen atoms in total. The van der Waals surface area contributed by atoms with Crippen LogP contribution in [-0.4, -0.2) is 51.7 Å². The van der Waals surface area contributed by atoms with Gasteiger partial charge in [-0.1, -0.05) is 24.3 Å². The number of amides is 1. The number of nitrogens with zero attached hydrogens (tertiary/aromatic N) is 5. The number of rotatable bonds is 7. The van der Waals surface area contributed by atoms with Crippen LogP contribution in [0.25, 0.3) is 5.65 Å². The summed E-state index contributed by atoms with van der Waals surface area (Å²) in [5.74, 6) is 0.00301. The maximum Gasteiger partial charge on any atom is 0.220 e. The standard InChI is InChI=1S/C24H28N6O2/c1-17-22(18(2)30-24(28-17)21(13-25)15-27-30)7-8-23(31)26-14-19-5-3-4-6-20(19)16-29-9-11-32-12-10-29/h3-6,15H,7-12,14,16H2,1-2H3,(H,26,31). The zero-order valence-corrected chi connectivity index (χ0v) is 18.6. The number of benzene rings is 1. The second-order valence-corrected chi connectivity index (χ2v) is 8.10. The van der Waals surface area contributed by atoms with Gasteiger partial charge in [0.1, 0.15) is 11.6 Å². The quantitative estimate of drug-likeness (QED) is 0.616. The smallest absolute Gasteiger partial charge is 0.220 e. The predicted octanol–water partition coefficient (Wildman–Crippen LogP) is 2.30. The number of nitrogens with one attached hydrogen (secondary N) is 1. The number of aromatic nitrogens is 3.